The third-order valence-corrected chi connectivity index (χ3v) is 9.17. The Labute approximate surface area is 300 Å². The Balaban J connectivity index is 3.87. The molecular weight excluding hydrogens is 596 g/mol. The summed E-state index contributed by atoms with van der Waals surface area (Å²) in [6.07, 6.45) is 41.6. The summed E-state index contributed by atoms with van der Waals surface area (Å²) in [6.45, 7) is 8.05. The fourth-order valence-corrected chi connectivity index (χ4v) is 5.96. The Morgan fingerprint density at radius 2 is 0.875 bits per heavy atom. The van der Waals surface area contributed by atoms with E-state index in [0.29, 0.717) is 26.4 Å². The number of carbonyl (C=O) groups is 1. The number of allylic oxidation sites excluding steroid dienone is 2. The number of hydrogen-bond acceptors (Lipinski definition) is 5. The van der Waals surface area contributed by atoms with E-state index in [1.165, 1.54) is 167 Å². The maximum Gasteiger partial charge on any atom is 0.407 e. The van der Waals surface area contributed by atoms with Crippen LogP contribution in [0.2, 0.25) is 0 Å². The van der Waals surface area contributed by atoms with Crippen molar-refractivity contribution in [3.05, 3.63) is 12.2 Å². The zero-order chi connectivity index (χ0) is 35.0. The minimum Gasteiger partial charge on any atom is -0.448 e. The fraction of sp³-hybridized carbons (Fsp3) is 0.929. The van der Waals surface area contributed by atoms with Crippen LogP contribution < -0.4 is 5.32 Å². The monoisotopic (exact) mass is 681 g/mol. The highest BCUT2D eigenvalue weighted by Crippen LogP contribution is 2.13. The number of unbranched alkanes of at least 4 members (excludes halogenated alkanes) is 25. The van der Waals surface area contributed by atoms with Gasteiger partial charge in [0.15, 0.2) is 0 Å². The van der Waals surface area contributed by atoms with Gasteiger partial charge in [0.05, 0.1) is 19.3 Å². The molecular formula is C42H84N2O4. The lowest BCUT2D eigenvalue weighted by molar-refractivity contribution is 0.0487. The van der Waals surface area contributed by atoms with Crippen LogP contribution in [0.5, 0.6) is 0 Å². The van der Waals surface area contributed by atoms with Crippen molar-refractivity contribution < 1.29 is 19.0 Å². The van der Waals surface area contributed by atoms with E-state index in [0.717, 1.165) is 26.1 Å². The first-order valence-electron chi connectivity index (χ1n) is 21.0. The molecule has 0 saturated heterocycles. The Morgan fingerprint density at radius 3 is 1.25 bits per heavy atom. The number of nitrogens with zero attached hydrogens (tertiary/aromatic N) is 1. The summed E-state index contributed by atoms with van der Waals surface area (Å²) in [5.74, 6) is 0. The van der Waals surface area contributed by atoms with Crippen molar-refractivity contribution in [1.82, 2.24) is 10.2 Å². The average Bonchev–Trinajstić information content (AvgIpc) is 3.07. The summed E-state index contributed by atoms with van der Waals surface area (Å²) < 4.78 is 17.3. The van der Waals surface area contributed by atoms with Crippen molar-refractivity contribution in [2.75, 3.05) is 53.7 Å². The first kappa shape index (κ1) is 46.9. The Bertz CT molecular complexity index is 658. The fourth-order valence-electron chi connectivity index (χ4n) is 5.96. The number of amides is 1. The molecule has 6 nitrogen and oxygen atoms in total. The van der Waals surface area contributed by atoms with Crippen LogP contribution in [0.15, 0.2) is 12.2 Å². The van der Waals surface area contributed by atoms with E-state index in [-0.39, 0.29) is 12.1 Å². The average molecular weight is 681 g/mol. The minimum atomic E-state index is -0.386. The molecule has 0 aromatic heterocycles. The zero-order valence-electron chi connectivity index (χ0n) is 32.9. The van der Waals surface area contributed by atoms with Crippen LogP contribution >= 0.6 is 0 Å². The second-order valence-corrected chi connectivity index (χ2v) is 14.5. The number of alkyl carbamates (subject to hydrolysis) is 1. The van der Waals surface area contributed by atoms with Gasteiger partial charge in [0.2, 0.25) is 0 Å². The van der Waals surface area contributed by atoms with Crippen molar-refractivity contribution in [2.24, 2.45) is 0 Å². The van der Waals surface area contributed by atoms with Gasteiger partial charge in [-0.2, -0.15) is 0 Å². The standard InChI is InChI=1S/C42H84N2O4/c1-5-7-9-11-13-15-17-19-21-22-24-26-28-30-32-34-37-47-40-41(43-42(45)48-38-35-44(3)4)39-46-36-33-31-29-27-25-23-20-18-16-14-12-10-8-6-2/h19,21,41H,5-18,20,22-40H2,1-4H3,(H,43,45)/b21-19-. The maximum atomic E-state index is 12.3. The molecule has 0 heterocycles. The van der Waals surface area contributed by atoms with Crippen LogP contribution in [-0.2, 0) is 14.2 Å². The van der Waals surface area contributed by atoms with E-state index in [4.69, 9.17) is 14.2 Å². The van der Waals surface area contributed by atoms with Crippen molar-refractivity contribution in [1.29, 1.82) is 0 Å². The van der Waals surface area contributed by atoms with Gasteiger partial charge in [-0.3, -0.25) is 0 Å². The lowest BCUT2D eigenvalue weighted by atomic mass is 10.0. The quantitative estimate of drug-likeness (QED) is 0.0517. The molecule has 1 atom stereocenters. The second kappa shape index (κ2) is 40.3. The molecule has 0 aromatic carbocycles. The van der Waals surface area contributed by atoms with E-state index in [9.17, 15) is 4.79 Å². The molecule has 0 aromatic rings. The van der Waals surface area contributed by atoms with Crippen LogP contribution in [-0.4, -0.2) is 70.7 Å². The predicted molar refractivity (Wildman–Crippen MR) is 208 cm³/mol. The van der Waals surface area contributed by atoms with Gasteiger partial charge in [0.25, 0.3) is 0 Å². The van der Waals surface area contributed by atoms with Gasteiger partial charge in [0.1, 0.15) is 6.61 Å². The number of likely N-dealkylation sites (N-methyl/N-ethyl adjacent to an activating group) is 1. The lowest BCUT2D eigenvalue weighted by Crippen LogP contribution is -2.42. The molecule has 0 radical (unpaired) electrons. The smallest absolute Gasteiger partial charge is 0.407 e. The number of rotatable bonds is 39. The first-order valence-corrected chi connectivity index (χ1v) is 21.0. The molecule has 0 bridgehead atoms. The molecule has 0 fully saturated rings. The van der Waals surface area contributed by atoms with Crippen molar-refractivity contribution in [3.63, 3.8) is 0 Å². The SMILES string of the molecule is CCCCCCCC/C=C\CCCCCCCCOCC(COCCCCCCCCCCCCCCCC)NC(=O)OCCN(C)C. The van der Waals surface area contributed by atoms with Crippen LogP contribution in [0.3, 0.4) is 0 Å². The molecule has 0 saturated carbocycles. The molecule has 6 heteroatoms. The molecule has 0 spiro atoms. The molecule has 1 amide bonds. The lowest BCUT2D eigenvalue weighted by Gasteiger charge is -2.19. The zero-order valence-corrected chi connectivity index (χ0v) is 32.9. The van der Waals surface area contributed by atoms with Crippen molar-refractivity contribution >= 4 is 6.09 Å². The predicted octanol–water partition coefficient (Wildman–Crippen LogP) is 12.2. The largest absolute Gasteiger partial charge is 0.448 e. The van der Waals surface area contributed by atoms with Crippen molar-refractivity contribution in [3.8, 4) is 0 Å². The van der Waals surface area contributed by atoms with Crippen molar-refractivity contribution in [2.45, 2.75) is 200 Å². The summed E-state index contributed by atoms with van der Waals surface area (Å²) >= 11 is 0. The van der Waals surface area contributed by atoms with Gasteiger partial charge < -0.3 is 24.4 Å². The van der Waals surface area contributed by atoms with E-state index >= 15 is 0 Å². The number of carbonyl (C=O) groups excluding carboxylic acids is 1. The Morgan fingerprint density at radius 1 is 0.521 bits per heavy atom. The van der Waals surface area contributed by atoms with E-state index in [2.05, 4.69) is 31.3 Å². The third kappa shape index (κ3) is 39.3. The highest BCUT2D eigenvalue weighted by atomic mass is 16.6. The second-order valence-electron chi connectivity index (χ2n) is 14.5. The van der Waals surface area contributed by atoms with E-state index in [1.54, 1.807) is 0 Å². The summed E-state index contributed by atoms with van der Waals surface area (Å²) in [5.41, 5.74) is 0. The van der Waals surface area contributed by atoms with Gasteiger partial charge in [-0.25, -0.2) is 4.79 Å². The van der Waals surface area contributed by atoms with E-state index < -0.39 is 0 Å². The van der Waals surface area contributed by atoms with Gasteiger partial charge in [0, 0.05) is 19.8 Å². The highest BCUT2D eigenvalue weighted by Gasteiger charge is 2.14. The van der Waals surface area contributed by atoms with E-state index in [1.807, 2.05) is 19.0 Å². The van der Waals surface area contributed by atoms with Crippen LogP contribution in [0.1, 0.15) is 194 Å². The van der Waals surface area contributed by atoms with Gasteiger partial charge in [-0.15, -0.1) is 0 Å². The van der Waals surface area contributed by atoms with Crippen LogP contribution in [0, 0.1) is 0 Å². The molecule has 0 rings (SSSR count). The van der Waals surface area contributed by atoms with Gasteiger partial charge >= 0.3 is 6.09 Å². The minimum absolute atomic E-state index is 0.183. The topological polar surface area (TPSA) is 60.0 Å². The molecule has 0 aliphatic carbocycles. The third-order valence-electron chi connectivity index (χ3n) is 9.17. The summed E-state index contributed by atoms with van der Waals surface area (Å²) in [4.78, 5) is 14.3. The number of ether oxygens (including phenoxy) is 3. The molecule has 1 unspecified atom stereocenters. The van der Waals surface area contributed by atoms with Gasteiger partial charge in [-0.1, -0.05) is 167 Å². The summed E-state index contributed by atoms with van der Waals surface area (Å²) in [7, 11) is 3.94. The summed E-state index contributed by atoms with van der Waals surface area (Å²) in [5, 5.41) is 2.96. The molecule has 0 aliphatic heterocycles. The maximum absolute atomic E-state index is 12.3. The number of hydrogen-bond donors (Lipinski definition) is 1. The van der Waals surface area contributed by atoms with Gasteiger partial charge in [-0.05, 0) is 52.6 Å². The van der Waals surface area contributed by atoms with Crippen LogP contribution in [0.25, 0.3) is 0 Å². The van der Waals surface area contributed by atoms with Crippen LogP contribution in [0.4, 0.5) is 4.79 Å². The Hall–Kier alpha value is -1.11. The molecule has 48 heavy (non-hydrogen) atoms. The molecule has 286 valence electrons. The molecule has 1 N–H and O–H groups in total. The Kier molecular flexibility index (Phi) is 39.4. The molecule has 0 aliphatic rings. The highest BCUT2D eigenvalue weighted by molar-refractivity contribution is 5.67. The number of nitrogens with one attached hydrogen (secondary N) is 1. The normalized spacial score (nSPS) is 12.4. The first-order chi connectivity index (χ1) is 23.6. The summed E-state index contributed by atoms with van der Waals surface area (Å²) in [6, 6.07) is -0.183.